The number of nitrogens with two attached hydrogens (primary N) is 1. The molecule has 1 amide bonds. The minimum absolute atomic E-state index is 0.306. The van der Waals surface area contributed by atoms with Crippen molar-refractivity contribution in [3.63, 3.8) is 0 Å². The first kappa shape index (κ1) is 19.4. The van der Waals surface area contributed by atoms with Gasteiger partial charge in [0.1, 0.15) is 5.82 Å². The van der Waals surface area contributed by atoms with E-state index in [-0.39, 0.29) is 5.82 Å². The molecule has 0 aliphatic carbocycles. The van der Waals surface area contributed by atoms with E-state index in [9.17, 15) is 9.18 Å². The molecule has 140 valence electrons. The van der Waals surface area contributed by atoms with E-state index in [1.54, 1.807) is 23.0 Å². The van der Waals surface area contributed by atoms with Crippen LogP contribution in [0.2, 0.25) is 0 Å². The lowest BCUT2D eigenvalue weighted by atomic mass is 9.98. The van der Waals surface area contributed by atoms with Crippen LogP contribution in [0.1, 0.15) is 18.2 Å². The zero-order valence-corrected chi connectivity index (χ0v) is 15.1. The third-order valence-corrected chi connectivity index (χ3v) is 3.98. The summed E-state index contributed by atoms with van der Waals surface area (Å²) in [5, 5.41) is 10.4. The van der Waals surface area contributed by atoms with Gasteiger partial charge in [0.15, 0.2) is 5.96 Å². The van der Waals surface area contributed by atoms with Crippen molar-refractivity contribution in [3.8, 4) is 0 Å². The molecule has 26 heavy (non-hydrogen) atoms. The normalized spacial score (nSPS) is 12.7. The summed E-state index contributed by atoms with van der Waals surface area (Å²) >= 11 is 0. The molecule has 0 aliphatic rings. The number of aliphatic imine (C=N–C) groups is 1. The number of aryl methyl sites for hydroxylation is 1. The van der Waals surface area contributed by atoms with Gasteiger partial charge in [-0.3, -0.25) is 9.48 Å². The number of nitrogens with zero attached hydrogens (tertiary/aromatic N) is 3. The first-order valence-electron chi connectivity index (χ1n) is 8.52. The Bertz CT molecular complexity index is 740. The molecule has 0 saturated carbocycles. The highest BCUT2D eigenvalue weighted by Gasteiger charge is 2.16. The van der Waals surface area contributed by atoms with Crippen molar-refractivity contribution in [2.45, 2.75) is 19.9 Å². The average Bonchev–Trinajstić information content (AvgIpc) is 3.02. The van der Waals surface area contributed by atoms with Crippen LogP contribution < -0.4 is 16.4 Å². The zero-order valence-electron chi connectivity index (χ0n) is 15.1. The second kappa shape index (κ2) is 9.55. The van der Waals surface area contributed by atoms with Gasteiger partial charge in [0.05, 0.1) is 18.2 Å². The number of amides is 1. The molecule has 0 bridgehead atoms. The van der Waals surface area contributed by atoms with Gasteiger partial charge in [-0.2, -0.15) is 5.10 Å². The minimum Gasteiger partial charge on any atom is -0.369 e. The van der Waals surface area contributed by atoms with E-state index in [2.05, 4.69) is 20.7 Å². The molecule has 1 aromatic heterocycles. The maximum Gasteiger partial charge on any atom is 0.222 e. The maximum atomic E-state index is 13.0. The van der Waals surface area contributed by atoms with Crippen LogP contribution in [-0.4, -0.2) is 34.7 Å². The third kappa shape index (κ3) is 5.87. The van der Waals surface area contributed by atoms with Crippen molar-refractivity contribution in [2.24, 2.45) is 23.7 Å². The van der Waals surface area contributed by atoms with Crippen LogP contribution in [0.3, 0.4) is 0 Å². The third-order valence-electron chi connectivity index (χ3n) is 3.98. The molecule has 1 aromatic carbocycles. The molecular weight excluding hydrogens is 335 g/mol. The molecule has 2 aromatic rings. The molecule has 8 heteroatoms. The number of rotatable bonds is 8. The van der Waals surface area contributed by atoms with Gasteiger partial charge in [-0.25, -0.2) is 9.38 Å². The molecule has 1 unspecified atom stereocenters. The van der Waals surface area contributed by atoms with Crippen molar-refractivity contribution in [1.82, 2.24) is 20.4 Å². The van der Waals surface area contributed by atoms with Crippen molar-refractivity contribution >= 4 is 11.9 Å². The highest BCUT2D eigenvalue weighted by atomic mass is 19.1. The Morgan fingerprint density at radius 1 is 1.31 bits per heavy atom. The first-order valence-corrected chi connectivity index (χ1v) is 8.52. The number of carbonyl (C=O) groups excluding carboxylic acids is 1. The smallest absolute Gasteiger partial charge is 0.222 e. The molecule has 7 nitrogen and oxygen atoms in total. The molecule has 4 N–H and O–H groups in total. The van der Waals surface area contributed by atoms with Crippen LogP contribution >= 0.6 is 0 Å². The van der Waals surface area contributed by atoms with Crippen LogP contribution in [0, 0.1) is 11.7 Å². The van der Waals surface area contributed by atoms with Crippen LogP contribution in [0.15, 0.2) is 41.5 Å². The molecule has 0 fully saturated rings. The second-order valence-electron chi connectivity index (χ2n) is 5.95. The van der Waals surface area contributed by atoms with Crippen LogP contribution in [-0.2, 0) is 24.8 Å². The van der Waals surface area contributed by atoms with Gasteiger partial charge in [-0.15, -0.1) is 0 Å². The number of nitrogens with one attached hydrogen (secondary N) is 2. The van der Waals surface area contributed by atoms with Gasteiger partial charge in [-0.1, -0.05) is 12.1 Å². The number of hydrogen-bond donors (Lipinski definition) is 3. The van der Waals surface area contributed by atoms with E-state index < -0.39 is 11.8 Å². The number of hydrogen-bond acceptors (Lipinski definition) is 3. The van der Waals surface area contributed by atoms with Gasteiger partial charge >= 0.3 is 0 Å². The largest absolute Gasteiger partial charge is 0.369 e. The van der Waals surface area contributed by atoms with E-state index in [0.717, 1.165) is 11.3 Å². The second-order valence-corrected chi connectivity index (χ2v) is 5.95. The first-order chi connectivity index (χ1) is 12.5. The Morgan fingerprint density at radius 3 is 2.62 bits per heavy atom. The summed E-state index contributed by atoms with van der Waals surface area (Å²) in [6, 6.07) is 7.97. The number of primary amides is 1. The fourth-order valence-corrected chi connectivity index (χ4v) is 2.46. The van der Waals surface area contributed by atoms with Crippen molar-refractivity contribution in [1.29, 1.82) is 0 Å². The minimum atomic E-state index is -0.430. The standard InChI is InChI=1S/C18H25FN6O/c1-3-21-18(23-12-16-8-9-24-25(16)2)22-11-14(17(20)26)10-13-4-6-15(19)7-5-13/h4-9,14H,3,10-12H2,1-2H3,(H2,20,26)(H2,21,22,23). The summed E-state index contributed by atoms with van der Waals surface area (Å²) in [6.07, 6.45) is 2.15. The fraction of sp³-hybridized carbons (Fsp3) is 0.389. The molecule has 2 rings (SSSR count). The number of guanidine groups is 1. The van der Waals surface area contributed by atoms with Gasteiger partial charge < -0.3 is 16.4 Å². The van der Waals surface area contributed by atoms with Gasteiger partial charge in [-0.05, 0) is 37.1 Å². The van der Waals surface area contributed by atoms with E-state index in [0.29, 0.717) is 32.0 Å². The number of benzene rings is 1. The topological polar surface area (TPSA) is 97.3 Å². The molecule has 0 saturated heterocycles. The Kier molecular flexibility index (Phi) is 7.13. The highest BCUT2D eigenvalue weighted by molar-refractivity contribution is 5.81. The van der Waals surface area contributed by atoms with Crippen molar-refractivity contribution in [3.05, 3.63) is 53.6 Å². The molecular formula is C18H25FN6O. The fourth-order valence-electron chi connectivity index (χ4n) is 2.46. The SMILES string of the molecule is CCNC(=NCc1ccnn1C)NCC(Cc1ccc(F)cc1)C(N)=O. The number of carbonyl (C=O) groups is 1. The van der Waals surface area contributed by atoms with Crippen LogP contribution in [0.25, 0.3) is 0 Å². The van der Waals surface area contributed by atoms with E-state index in [1.807, 2.05) is 20.0 Å². The van der Waals surface area contributed by atoms with E-state index >= 15 is 0 Å². The van der Waals surface area contributed by atoms with Crippen LogP contribution in [0.4, 0.5) is 4.39 Å². The van der Waals surface area contributed by atoms with E-state index in [4.69, 9.17) is 5.73 Å². The number of aromatic nitrogens is 2. The van der Waals surface area contributed by atoms with Crippen molar-refractivity contribution in [2.75, 3.05) is 13.1 Å². The summed E-state index contributed by atoms with van der Waals surface area (Å²) in [5.41, 5.74) is 7.35. The van der Waals surface area contributed by atoms with Crippen LogP contribution in [0.5, 0.6) is 0 Å². The summed E-state index contributed by atoms with van der Waals surface area (Å²) in [6.45, 7) is 3.46. The van der Waals surface area contributed by atoms with Crippen molar-refractivity contribution < 1.29 is 9.18 Å². The van der Waals surface area contributed by atoms with Gasteiger partial charge in [0.2, 0.25) is 5.91 Å². The predicted molar refractivity (Wildman–Crippen MR) is 98.8 cm³/mol. The Labute approximate surface area is 152 Å². The maximum absolute atomic E-state index is 13.0. The summed E-state index contributed by atoms with van der Waals surface area (Å²) in [5.74, 6) is -0.552. The highest BCUT2D eigenvalue weighted by Crippen LogP contribution is 2.09. The Morgan fingerprint density at radius 2 is 2.04 bits per heavy atom. The predicted octanol–water partition coefficient (Wildman–Crippen LogP) is 0.958. The lowest BCUT2D eigenvalue weighted by Crippen LogP contribution is -2.43. The molecule has 0 aliphatic heterocycles. The zero-order chi connectivity index (χ0) is 18.9. The van der Waals surface area contributed by atoms with E-state index in [1.165, 1.54) is 12.1 Å². The molecule has 0 radical (unpaired) electrons. The van der Waals surface area contributed by atoms with Gasteiger partial charge in [0.25, 0.3) is 0 Å². The van der Waals surface area contributed by atoms with Gasteiger partial charge in [0, 0.05) is 26.3 Å². The summed E-state index contributed by atoms with van der Waals surface area (Å²) in [7, 11) is 1.86. The molecule has 0 spiro atoms. The summed E-state index contributed by atoms with van der Waals surface area (Å²) < 4.78 is 14.8. The Hall–Kier alpha value is -2.90. The Balaban J connectivity index is 1.98. The monoisotopic (exact) mass is 360 g/mol. The average molecular weight is 360 g/mol. The molecule has 1 heterocycles. The molecule has 1 atom stereocenters. The lowest BCUT2D eigenvalue weighted by molar-refractivity contribution is -0.121. The lowest BCUT2D eigenvalue weighted by Gasteiger charge is -2.17. The summed E-state index contributed by atoms with van der Waals surface area (Å²) in [4.78, 5) is 16.3. The number of halogens is 1. The quantitative estimate of drug-likeness (QED) is 0.482.